The summed E-state index contributed by atoms with van der Waals surface area (Å²) >= 11 is 0. The van der Waals surface area contributed by atoms with Crippen molar-refractivity contribution in [3.63, 3.8) is 0 Å². The predicted molar refractivity (Wildman–Crippen MR) is 45.9 cm³/mol. The van der Waals surface area contributed by atoms with Gasteiger partial charge in [-0.1, -0.05) is 13.3 Å². The molecule has 0 rings (SSSR count). The van der Waals surface area contributed by atoms with Crippen molar-refractivity contribution >= 4 is 5.91 Å². The van der Waals surface area contributed by atoms with Gasteiger partial charge in [-0.15, -0.1) is 0 Å². The van der Waals surface area contributed by atoms with Gasteiger partial charge in [0.05, 0.1) is 0 Å². The molecule has 0 aliphatic heterocycles. The zero-order valence-electron chi connectivity index (χ0n) is 7.18. The highest BCUT2D eigenvalue weighted by molar-refractivity contribution is 5.91. The zero-order chi connectivity index (χ0) is 8.69. The number of primary amides is 1. The second-order valence-corrected chi connectivity index (χ2v) is 2.43. The molecule has 64 valence electrons. The van der Waals surface area contributed by atoms with Gasteiger partial charge >= 0.3 is 0 Å². The van der Waals surface area contributed by atoms with Crippen LogP contribution in [0.2, 0.25) is 0 Å². The predicted octanol–water partition coefficient (Wildman–Crippen LogP) is 0.765. The molecule has 1 amide bonds. The van der Waals surface area contributed by atoms with Crippen LogP contribution >= 0.6 is 0 Å². The monoisotopic (exact) mass is 156 g/mol. The van der Waals surface area contributed by atoms with Gasteiger partial charge in [0, 0.05) is 18.8 Å². The van der Waals surface area contributed by atoms with Gasteiger partial charge in [-0.25, -0.2) is 0 Å². The minimum atomic E-state index is -0.326. The van der Waals surface area contributed by atoms with E-state index in [-0.39, 0.29) is 5.91 Å². The quantitative estimate of drug-likeness (QED) is 0.577. The van der Waals surface area contributed by atoms with E-state index in [1.165, 1.54) is 0 Å². The summed E-state index contributed by atoms with van der Waals surface area (Å²) in [6.07, 6.45) is 4.52. The van der Waals surface area contributed by atoms with Crippen LogP contribution in [0.5, 0.6) is 0 Å². The third kappa shape index (κ3) is 4.42. The maximum Gasteiger partial charge on any atom is 0.246 e. The van der Waals surface area contributed by atoms with Crippen LogP contribution in [0.1, 0.15) is 26.2 Å². The van der Waals surface area contributed by atoms with Gasteiger partial charge in [0.1, 0.15) is 0 Å². The van der Waals surface area contributed by atoms with Crippen LogP contribution in [0.3, 0.4) is 0 Å². The number of carbonyl (C=O) groups excluding carboxylic acids is 1. The summed E-state index contributed by atoms with van der Waals surface area (Å²) in [6.45, 7) is 2.08. The largest absolute Gasteiger partial charge is 0.394 e. The maximum atomic E-state index is 10.7. The van der Waals surface area contributed by atoms with Gasteiger partial charge in [0.15, 0.2) is 0 Å². The first-order chi connectivity index (χ1) is 5.22. The Kier molecular flexibility index (Phi) is 5.25. The van der Waals surface area contributed by atoms with Gasteiger partial charge in [-0.2, -0.15) is 0 Å². The fourth-order valence-electron chi connectivity index (χ4n) is 0.808. The standard InChI is InChI=1S/C8H16N2O/c1-3-4-5-7(6-10-2)8(9)11/h6,10H,3-5H2,1-2H3,(H2,9,11)/b7-6+. The minimum Gasteiger partial charge on any atom is -0.394 e. The lowest BCUT2D eigenvalue weighted by Gasteiger charge is -2.00. The molecule has 0 radical (unpaired) electrons. The average molecular weight is 156 g/mol. The normalized spacial score (nSPS) is 11.3. The summed E-state index contributed by atoms with van der Waals surface area (Å²) in [6, 6.07) is 0. The first-order valence-electron chi connectivity index (χ1n) is 3.88. The molecule has 0 aromatic carbocycles. The number of hydrogen-bond acceptors (Lipinski definition) is 2. The Morgan fingerprint density at radius 3 is 2.64 bits per heavy atom. The van der Waals surface area contributed by atoms with Crippen molar-refractivity contribution in [2.24, 2.45) is 5.73 Å². The van der Waals surface area contributed by atoms with E-state index >= 15 is 0 Å². The van der Waals surface area contributed by atoms with Gasteiger partial charge < -0.3 is 11.1 Å². The number of carbonyl (C=O) groups is 1. The molecule has 0 spiro atoms. The molecule has 0 atom stereocenters. The van der Waals surface area contributed by atoms with Crippen molar-refractivity contribution in [1.29, 1.82) is 0 Å². The van der Waals surface area contributed by atoms with Gasteiger partial charge in [-0.05, 0) is 12.8 Å². The topological polar surface area (TPSA) is 55.1 Å². The maximum absolute atomic E-state index is 10.7. The average Bonchev–Trinajstić information content (AvgIpc) is 1.97. The van der Waals surface area contributed by atoms with E-state index in [4.69, 9.17) is 5.73 Å². The van der Waals surface area contributed by atoms with Crippen LogP contribution in [0.25, 0.3) is 0 Å². The lowest BCUT2D eigenvalue weighted by Crippen LogP contribution is -2.16. The third-order valence-electron chi connectivity index (χ3n) is 1.43. The molecule has 11 heavy (non-hydrogen) atoms. The van der Waals surface area contributed by atoms with E-state index in [1.807, 2.05) is 0 Å². The zero-order valence-corrected chi connectivity index (χ0v) is 7.18. The Labute approximate surface area is 67.7 Å². The van der Waals surface area contributed by atoms with Crippen molar-refractivity contribution in [3.8, 4) is 0 Å². The minimum absolute atomic E-state index is 0.326. The van der Waals surface area contributed by atoms with Crippen molar-refractivity contribution in [1.82, 2.24) is 5.32 Å². The molecule has 0 aromatic rings. The highest BCUT2D eigenvalue weighted by Crippen LogP contribution is 2.04. The van der Waals surface area contributed by atoms with Crippen molar-refractivity contribution < 1.29 is 4.79 Å². The highest BCUT2D eigenvalue weighted by atomic mass is 16.1. The fourth-order valence-corrected chi connectivity index (χ4v) is 0.808. The number of nitrogens with one attached hydrogen (secondary N) is 1. The van der Waals surface area contributed by atoms with Crippen LogP contribution in [0, 0.1) is 0 Å². The molecule has 0 saturated carbocycles. The van der Waals surface area contributed by atoms with Crippen molar-refractivity contribution in [2.75, 3.05) is 7.05 Å². The summed E-state index contributed by atoms with van der Waals surface area (Å²) < 4.78 is 0. The molecular weight excluding hydrogens is 140 g/mol. The highest BCUT2D eigenvalue weighted by Gasteiger charge is 2.02. The molecule has 0 bridgehead atoms. The second-order valence-electron chi connectivity index (χ2n) is 2.43. The molecule has 3 nitrogen and oxygen atoms in total. The summed E-state index contributed by atoms with van der Waals surface area (Å²) in [5.74, 6) is -0.326. The summed E-state index contributed by atoms with van der Waals surface area (Å²) in [5, 5.41) is 2.80. The van der Waals surface area contributed by atoms with Crippen LogP contribution < -0.4 is 11.1 Å². The Hall–Kier alpha value is -0.990. The molecule has 0 aliphatic rings. The Balaban J connectivity index is 3.90. The lowest BCUT2D eigenvalue weighted by atomic mass is 10.1. The summed E-state index contributed by atoms with van der Waals surface area (Å²) in [4.78, 5) is 10.7. The molecule has 0 aromatic heterocycles. The molecule has 0 fully saturated rings. The summed E-state index contributed by atoms with van der Waals surface area (Å²) in [7, 11) is 1.76. The van der Waals surface area contributed by atoms with Gasteiger partial charge in [0.25, 0.3) is 0 Å². The third-order valence-corrected chi connectivity index (χ3v) is 1.43. The molecule has 0 aliphatic carbocycles. The van der Waals surface area contributed by atoms with E-state index in [0.717, 1.165) is 19.3 Å². The van der Waals surface area contributed by atoms with Crippen LogP contribution in [0.15, 0.2) is 11.8 Å². The lowest BCUT2D eigenvalue weighted by molar-refractivity contribution is -0.114. The van der Waals surface area contributed by atoms with E-state index in [0.29, 0.717) is 5.57 Å². The van der Waals surface area contributed by atoms with Crippen molar-refractivity contribution in [2.45, 2.75) is 26.2 Å². The molecule has 0 saturated heterocycles. The number of unbranched alkanes of at least 4 members (excludes halogenated alkanes) is 1. The first kappa shape index (κ1) is 10.0. The fraction of sp³-hybridized carbons (Fsp3) is 0.625. The Morgan fingerprint density at radius 1 is 1.64 bits per heavy atom. The van der Waals surface area contributed by atoms with Crippen LogP contribution in [0.4, 0.5) is 0 Å². The second kappa shape index (κ2) is 5.77. The van der Waals surface area contributed by atoms with E-state index in [2.05, 4.69) is 12.2 Å². The van der Waals surface area contributed by atoms with E-state index in [1.54, 1.807) is 13.2 Å². The molecule has 0 heterocycles. The molecule has 3 N–H and O–H groups in total. The SMILES string of the molecule is CCCC/C(=C\NC)C(N)=O. The number of amides is 1. The van der Waals surface area contributed by atoms with E-state index in [9.17, 15) is 4.79 Å². The Morgan fingerprint density at radius 2 is 2.27 bits per heavy atom. The number of nitrogens with two attached hydrogens (primary N) is 1. The van der Waals surface area contributed by atoms with E-state index < -0.39 is 0 Å². The van der Waals surface area contributed by atoms with Crippen LogP contribution in [-0.4, -0.2) is 13.0 Å². The Bertz CT molecular complexity index is 152. The molecule has 0 unspecified atom stereocenters. The van der Waals surface area contributed by atoms with Gasteiger partial charge in [-0.3, -0.25) is 4.79 Å². The number of hydrogen-bond donors (Lipinski definition) is 2. The van der Waals surface area contributed by atoms with Crippen molar-refractivity contribution in [3.05, 3.63) is 11.8 Å². The van der Waals surface area contributed by atoms with Gasteiger partial charge in [0.2, 0.25) is 5.91 Å². The van der Waals surface area contributed by atoms with Crippen LogP contribution in [-0.2, 0) is 4.79 Å². The smallest absolute Gasteiger partial charge is 0.246 e. The summed E-state index contributed by atoms with van der Waals surface area (Å²) in [5.41, 5.74) is 5.79. The molecular formula is C8H16N2O. The molecule has 3 heteroatoms. The first-order valence-corrected chi connectivity index (χ1v) is 3.88. The number of rotatable bonds is 5.